The summed E-state index contributed by atoms with van der Waals surface area (Å²) >= 11 is 0. The highest BCUT2D eigenvalue weighted by Gasteiger charge is 2.56. The Balaban J connectivity index is 1.31. The van der Waals surface area contributed by atoms with Crippen LogP contribution in [-0.2, 0) is 43.5 Å². The fourth-order valence-corrected chi connectivity index (χ4v) is 4.97. The van der Waals surface area contributed by atoms with Gasteiger partial charge in [-0.1, -0.05) is 97.1 Å². The van der Waals surface area contributed by atoms with E-state index in [9.17, 15) is 0 Å². The summed E-state index contributed by atoms with van der Waals surface area (Å²) in [6.45, 7) is 1.66. The van der Waals surface area contributed by atoms with Crippen LogP contribution in [-0.4, -0.2) is 48.1 Å². The van der Waals surface area contributed by atoms with Gasteiger partial charge in [-0.15, -0.1) is 0 Å². The normalized spacial score (nSPS) is 24.0. The molecule has 1 fully saturated rings. The molecule has 204 valence electrons. The van der Waals surface area contributed by atoms with Gasteiger partial charge in [0.1, 0.15) is 30.6 Å². The molecular formula is C33H32N2O5. The summed E-state index contributed by atoms with van der Waals surface area (Å²) in [6.07, 6.45) is 0.254. The topological polar surface area (TPSA) is 71.4 Å². The van der Waals surface area contributed by atoms with Crippen molar-refractivity contribution in [2.45, 2.75) is 43.9 Å². The number of aliphatic imine (C=N–C) groups is 1. The largest absolute Gasteiger partial charge is 0.471 e. The predicted molar refractivity (Wildman–Crippen MR) is 150 cm³/mol. The molecule has 2 aliphatic rings. The quantitative estimate of drug-likeness (QED) is 0.273. The van der Waals surface area contributed by atoms with Crippen LogP contribution in [0.5, 0.6) is 0 Å². The summed E-state index contributed by atoms with van der Waals surface area (Å²) in [5.74, 6) is 0.430. The van der Waals surface area contributed by atoms with Crippen molar-refractivity contribution in [2.75, 3.05) is 13.2 Å². The van der Waals surface area contributed by atoms with E-state index in [0.717, 1.165) is 16.7 Å². The fraction of sp³-hybridized carbons (Fsp3) is 0.273. The van der Waals surface area contributed by atoms with Crippen molar-refractivity contribution in [2.24, 2.45) is 4.99 Å². The van der Waals surface area contributed by atoms with E-state index in [-0.39, 0.29) is 19.3 Å². The molecule has 7 nitrogen and oxygen atoms in total. The van der Waals surface area contributed by atoms with Gasteiger partial charge in [0.25, 0.3) is 0 Å². The first-order valence-corrected chi connectivity index (χ1v) is 13.5. The van der Waals surface area contributed by atoms with E-state index in [2.05, 4.69) is 4.98 Å². The molecule has 7 heteroatoms. The fourth-order valence-electron chi connectivity index (χ4n) is 4.97. The summed E-state index contributed by atoms with van der Waals surface area (Å²) in [4.78, 5) is 9.37. The van der Waals surface area contributed by atoms with Crippen molar-refractivity contribution in [3.8, 4) is 0 Å². The highest BCUT2D eigenvalue weighted by molar-refractivity contribution is 5.93. The lowest BCUT2D eigenvalue weighted by Crippen LogP contribution is -2.63. The summed E-state index contributed by atoms with van der Waals surface area (Å²) in [6, 6.07) is 35.9. The van der Waals surface area contributed by atoms with Crippen molar-refractivity contribution < 1.29 is 23.7 Å². The third kappa shape index (κ3) is 6.13. The van der Waals surface area contributed by atoms with Gasteiger partial charge in [-0.2, -0.15) is 0 Å². The smallest absolute Gasteiger partial charge is 0.238 e. The third-order valence-electron chi connectivity index (χ3n) is 7.06. The number of pyridine rings is 1. The lowest BCUT2D eigenvalue weighted by molar-refractivity contribution is -0.275. The molecule has 1 saturated heterocycles. The first kappa shape index (κ1) is 26.3. The molecule has 0 radical (unpaired) electrons. The Morgan fingerprint density at radius 2 is 1.25 bits per heavy atom. The van der Waals surface area contributed by atoms with E-state index >= 15 is 0 Å². The summed E-state index contributed by atoms with van der Waals surface area (Å²) in [5, 5.41) is 0. The van der Waals surface area contributed by atoms with Crippen LogP contribution >= 0.6 is 0 Å². The second kappa shape index (κ2) is 12.5. The van der Waals surface area contributed by atoms with Gasteiger partial charge >= 0.3 is 0 Å². The Bertz CT molecular complexity index is 1370. The Morgan fingerprint density at radius 1 is 0.675 bits per heavy atom. The molecule has 3 heterocycles. The monoisotopic (exact) mass is 536 g/mol. The second-order valence-corrected chi connectivity index (χ2v) is 9.89. The average Bonchev–Trinajstić information content (AvgIpc) is 3.45. The lowest BCUT2D eigenvalue weighted by atomic mass is 9.94. The van der Waals surface area contributed by atoms with Gasteiger partial charge in [0.2, 0.25) is 11.6 Å². The first-order chi connectivity index (χ1) is 19.8. The van der Waals surface area contributed by atoms with Crippen molar-refractivity contribution in [3.63, 3.8) is 0 Å². The van der Waals surface area contributed by atoms with Crippen LogP contribution in [0, 0.1) is 0 Å². The molecule has 40 heavy (non-hydrogen) atoms. The molecule has 3 aromatic carbocycles. The lowest BCUT2D eigenvalue weighted by Gasteiger charge is -2.45. The molecule has 0 aliphatic carbocycles. The molecule has 2 aliphatic heterocycles. The molecule has 4 aromatic rings. The van der Waals surface area contributed by atoms with Crippen LogP contribution in [0.25, 0.3) is 0 Å². The number of hydrogen-bond donors (Lipinski definition) is 0. The van der Waals surface area contributed by atoms with E-state index in [0.29, 0.717) is 31.4 Å². The number of hydrogen-bond acceptors (Lipinski definition) is 7. The van der Waals surface area contributed by atoms with E-state index in [1.54, 1.807) is 6.20 Å². The van der Waals surface area contributed by atoms with E-state index < -0.39 is 17.9 Å². The minimum absolute atomic E-state index is 0.189. The zero-order chi connectivity index (χ0) is 27.0. The molecule has 1 spiro atoms. The molecule has 0 amide bonds. The van der Waals surface area contributed by atoms with E-state index in [1.165, 1.54) is 0 Å². The maximum Gasteiger partial charge on any atom is 0.238 e. The van der Waals surface area contributed by atoms with E-state index in [1.807, 2.05) is 109 Å². The van der Waals surface area contributed by atoms with Gasteiger partial charge < -0.3 is 23.7 Å². The number of nitrogens with zero attached hydrogens (tertiary/aromatic N) is 2. The van der Waals surface area contributed by atoms with Crippen LogP contribution in [0.4, 0.5) is 0 Å². The maximum atomic E-state index is 6.64. The summed E-state index contributed by atoms with van der Waals surface area (Å²) < 4.78 is 32.3. The molecule has 1 aromatic heterocycles. The van der Waals surface area contributed by atoms with Crippen molar-refractivity contribution in [1.82, 2.24) is 4.98 Å². The van der Waals surface area contributed by atoms with Gasteiger partial charge in [0, 0.05) is 6.20 Å². The zero-order valence-electron chi connectivity index (χ0n) is 22.2. The van der Waals surface area contributed by atoms with Gasteiger partial charge in [-0.25, -0.2) is 4.99 Å². The predicted octanol–water partition coefficient (Wildman–Crippen LogP) is 5.34. The Morgan fingerprint density at radius 3 is 1.85 bits per heavy atom. The third-order valence-corrected chi connectivity index (χ3v) is 7.06. The molecule has 0 saturated carbocycles. The summed E-state index contributed by atoms with van der Waals surface area (Å²) in [5.41, 5.74) is 2.72. The van der Waals surface area contributed by atoms with Gasteiger partial charge in [-0.05, 0) is 28.8 Å². The minimum Gasteiger partial charge on any atom is -0.471 e. The van der Waals surface area contributed by atoms with Gasteiger partial charge in [0.15, 0.2) is 0 Å². The maximum absolute atomic E-state index is 6.64. The highest BCUT2D eigenvalue weighted by atomic mass is 16.6. The van der Waals surface area contributed by atoms with Gasteiger partial charge in [-0.3, -0.25) is 4.98 Å². The standard InChI is InChI=1S/C33H32N2O5/c1-4-12-25(13-5-1)20-36-29-23-40-33(24-39-32(35-33)28-18-10-11-19-34-28)31(38-22-27-16-8-3-9-17-27)30(29)37-21-26-14-6-2-7-15-26/h1-19,29-31H,20-24H2/t29-,30-,31+,33+/m1/s1. The SMILES string of the molecule is c1ccc(CO[C@@H]2[C@H](OCc3ccccc3)CO[C@@]3(COC(c4ccccn4)=N3)[C@H]2OCc2ccccc2)cc1. The molecule has 0 bridgehead atoms. The number of rotatable bonds is 10. The van der Waals surface area contributed by atoms with Crippen LogP contribution in [0.15, 0.2) is 120 Å². The average molecular weight is 537 g/mol. The number of benzene rings is 3. The minimum atomic E-state index is -1.10. The zero-order valence-corrected chi connectivity index (χ0v) is 22.2. The van der Waals surface area contributed by atoms with Crippen LogP contribution in [0.1, 0.15) is 22.4 Å². The van der Waals surface area contributed by atoms with Crippen molar-refractivity contribution >= 4 is 5.90 Å². The van der Waals surface area contributed by atoms with Crippen LogP contribution < -0.4 is 0 Å². The summed E-state index contributed by atoms with van der Waals surface area (Å²) in [7, 11) is 0. The molecule has 4 atom stereocenters. The van der Waals surface area contributed by atoms with Crippen LogP contribution in [0.3, 0.4) is 0 Å². The van der Waals surface area contributed by atoms with Gasteiger partial charge in [0.05, 0.1) is 26.4 Å². The second-order valence-electron chi connectivity index (χ2n) is 9.89. The Labute approximate surface area is 234 Å². The number of ether oxygens (including phenoxy) is 5. The van der Waals surface area contributed by atoms with Crippen LogP contribution in [0.2, 0.25) is 0 Å². The van der Waals surface area contributed by atoms with Crippen molar-refractivity contribution in [3.05, 3.63) is 138 Å². The molecular weight excluding hydrogens is 504 g/mol. The number of aromatic nitrogens is 1. The van der Waals surface area contributed by atoms with Crippen molar-refractivity contribution in [1.29, 1.82) is 0 Å². The molecule has 0 N–H and O–H groups in total. The Kier molecular flexibility index (Phi) is 8.25. The highest BCUT2D eigenvalue weighted by Crippen LogP contribution is 2.38. The Hall–Kier alpha value is -3.88. The molecule has 0 unspecified atom stereocenters. The molecule has 6 rings (SSSR count). The first-order valence-electron chi connectivity index (χ1n) is 13.5. The van der Waals surface area contributed by atoms with E-state index in [4.69, 9.17) is 28.7 Å².